The molecule has 0 heterocycles. The molecule has 1 atom stereocenters. The van der Waals surface area contributed by atoms with E-state index in [0.29, 0.717) is 11.7 Å². The van der Waals surface area contributed by atoms with Gasteiger partial charge in [-0.25, -0.2) is 0 Å². The van der Waals surface area contributed by atoms with E-state index in [4.69, 9.17) is 15.2 Å². The summed E-state index contributed by atoms with van der Waals surface area (Å²) in [5.41, 5.74) is 7.84. The Bertz CT molecular complexity index is 829. The molecular formula is C21H24N2O4. The Morgan fingerprint density at radius 1 is 1.19 bits per heavy atom. The van der Waals surface area contributed by atoms with Crippen LogP contribution in [-0.4, -0.2) is 25.5 Å². The van der Waals surface area contributed by atoms with Crippen LogP contribution in [0.3, 0.4) is 0 Å². The number of nitrogens with one attached hydrogen (secondary N) is 1. The minimum Gasteiger partial charge on any atom is -0.497 e. The zero-order chi connectivity index (χ0) is 19.4. The van der Waals surface area contributed by atoms with Crippen LogP contribution in [-0.2, 0) is 4.79 Å². The molecule has 2 aromatic rings. The lowest BCUT2D eigenvalue weighted by Crippen LogP contribution is -2.34. The van der Waals surface area contributed by atoms with Crippen molar-refractivity contribution in [1.82, 2.24) is 5.32 Å². The van der Waals surface area contributed by atoms with E-state index in [1.54, 1.807) is 12.1 Å². The molecule has 1 aliphatic rings. The molecule has 0 aliphatic heterocycles. The van der Waals surface area contributed by atoms with Crippen LogP contribution in [0.1, 0.15) is 40.4 Å². The highest BCUT2D eigenvalue weighted by molar-refractivity contribution is 5.96. The molecule has 1 fully saturated rings. The smallest absolute Gasteiger partial charge is 0.258 e. The number of rotatable bonds is 8. The van der Waals surface area contributed by atoms with Gasteiger partial charge in [-0.05, 0) is 49.4 Å². The lowest BCUT2D eigenvalue weighted by molar-refractivity contribution is -0.124. The third-order valence-electron chi connectivity index (χ3n) is 4.66. The number of hydrogen-bond donors (Lipinski definition) is 2. The van der Waals surface area contributed by atoms with E-state index in [9.17, 15) is 9.59 Å². The Kier molecular flexibility index (Phi) is 5.64. The number of methoxy groups -OCH3 is 1. The predicted molar refractivity (Wildman–Crippen MR) is 102 cm³/mol. The van der Waals surface area contributed by atoms with E-state index >= 15 is 0 Å². The molecule has 0 spiro atoms. The van der Waals surface area contributed by atoms with Crippen LogP contribution >= 0.6 is 0 Å². The van der Waals surface area contributed by atoms with Gasteiger partial charge in [0.25, 0.3) is 11.8 Å². The Hall–Kier alpha value is -3.02. The van der Waals surface area contributed by atoms with Gasteiger partial charge in [-0.2, -0.15) is 0 Å². The molecule has 1 unspecified atom stereocenters. The minimum atomic E-state index is -0.639. The van der Waals surface area contributed by atoms with Gasteiger partial charge in [-0.15, -0.1) is 0 Å². The molecule has 0 bridgehead atoms. The first kappa shape index (κ1) is 18.8. The maximum absolute atomic E-state index is 12.4. The summed E-state index contributed by atoms with van der Waals surface area (Å²) < 4.78 is 10.6. The lowest BCUT2D eigenvalue weighted by atomic mass is 10.0. The number of aryl methyl sites for hydroxylation is 1. The molecule has 0 aromatic heterocycles. The molecule has 1 saturated carbocycles. The van der Waals surface area contributed by atoms with Gasteiger partial charge in [0.2, 0.25) is 0 Å². The van der Waals surface area contributed by atoms with Crippen LogP contribution in [0.2, 0.25) is 0 Å². The van der Waals surface area contributed by atoms with Gasteiger partial charge in [0.15, 0.2) is 6.61 Å². The van der Waals surface area contributed by atoms with Crippen LogP contribution in [0.4, 0.5) is 0 Å². The highest BCUT2D eigenvalue weighted by Crippen LogP contribution is 2.41. The third-order valence-corrected chi connectivity index (χ3v) is 4.66. The Labute approximate surface area is 158 Å². The molecule has 3 rings (SSSR count). The van der Waals surface area contributed by atoms with Gasteiger partial charge in [-0.1, -0.05) is 29.8 Å². The number of carbonyl (C=O) groups excluding carboxylic acids is 2. The second-order valence-electron chi connectivity index (χ2n) is 6.81. The standard InChI is InChI=1S/C21H24N2O4/c1-13-3-5-14(6-4-13)20(15-7-8-15)23-19(24)12-27-18-10-9-16(26-2)11-17(18)21(22)25/h3-6,9-11,15,20H,7-8,12H2,1-2H3,(H2,22,25)(H,23,24). The Morgan fingerprint density at radius 2 is 1.89 bits per heavy atom. The molecule has 0 saturated heterocycles. The Morgan fingerprint density at radius 3 is 2.48 bits per heavy atom. The fourth-order valence-electron chi connectivity index (χ4n) is 2.99. The van der Waals surface area contributed by atoms with Gasteiger partial charge in [0.05, 0.1) is 18.7 Å². The first-order valence-corrected chi connectivity index (χ1v) is 8.94. The van der Waals surface area contributed by atoms with Gasteiger partial charge in [-0.3, -0.25) is 9.59 Å². The highest BCUT2D eigenvalue weighted by atomic mass is 16.5. The second-order valence-corrected chi connectivity index (χ2v) is 6.81. The van der Waals surface area contributed by atoms with E-state index in [1.807, 2.05) is 31.2 Å². The van der Waals surface area contributed by atoms with Gasteiger partial charge < -0.3 is 20.5 Å². The van der Waals surface area contributed by atoms with E-state index in [-0.39, 0.29) is 29.9 Å². The average Bonchev–Trinajstić information content (AvgIpc) is 3.50. The Balaban J connectivity index is 1.65. The molecule has 2 amide bonds. The largest absolute Gasteiger partial charge is 0.497 e. The molecule has 0 radical (unpaired) electrons. The summed E-state index contributed by atoms with van der Waals surface area (Å²) in [5.74, 6) is 0.336. The summed E-state index contributed by atoms with van der Waals surface area (Å²) in [6, 6.07) is 12.9. The first-order chi connectivity index (χ1) is 13.0. The van der Waals surface area contributed by atoms with Crippen molar-refractivity contribution in [3.63, 3.8) is 0 Å². The van der Waals surface area contributed by atoms with Crippen molar-refractivity contribution < 1.29 is 19.1 Å². The van der Waals surface area contributed by atoms with Crippen molar-refractivity contribution >= 4 is 11.8 Å². The van der Waals surface area contributed by atoms with E-state index in [1.165, 1.54) is 18.7 Å². The van der Waals surface area contributed by atoms with Crippen LogP contribution in [0.15, 0.2) is 42.5 Å². The van der Waals surface area contributed by atoms with E-state index in [0.717, 1.165) is 18.4 Å². The summed E-state index contributed by atoms with van der Waals surface area (Å²) >= 11 is 0. The first-order valence-electron chi connectivity index (χ1n) is 8.94. The van der Waals surface area contributed by atoms with Crippen molar-refractivity contribution in [1.29, 1.82) is 0 Å². The molecular weight excluding hydrogens is 344 g/mol. The number of ether oxygens (including phenoxy) is 2. The number of benzene rings is 2. The number of carbonyl (C=O) groups is 2. The average molecular weight is 368 g/mol. The third kappa shape index (κ3) is 4.78. The van der Waals surface area contributed by atoms with Crippen LogP contribution in [0.5, 0.6) is 11.5 Å². The maximum Gasteiger partial charge on any atom is 0.258 e. The number of nitrogens with two attached hydrogens (primary N) is 1. The number of amides is 2. The topological polar surface area (TPSA) is 90.7 Å². The van der Waals surface area contributed by atoms with Crippen LogP contribution < -0.4 is 20.5 Å². The molecule has 142 valence electrons. The lowest BCUT2D eigenvalue weighted by Gasteiger charge is -2.19. The molecule has 6 heteroatoms. The zero-order valence-corrected chi connectivity index (χ0v) is 15.5. The zero-order valence-electron chi connectivity index (χ0n) is 15.5. The summed E-state index contributed by atoms with van der Waals surface area (Å²) in [7, 11) is 1.50. The summed E-state index contributed by atoms with van der Waals surface area (Å²) in [6.45, 7) is 1.84. The molecule has 1 aliphatic carbocycles. The monoisotopic (exact) mass is 368 g/mol. The normalized spacial score (nSPS) is 14.3. The fourth-order valence-corrected chi connectivity index (χ4v) is 2.99. The summed E-state index contributed by atoms with van der Waals surface area (Å²) in [6.07, 6.45) is 2.20. The van der Waals surface area contributed by atoms with Gasteiger partial charge in [0.1, 0.15) is 11.5 Å². The fraction of sp³-hybridized carbons (Fsp3) is 0.333. The SMILES string of the molecule is COc1ccc(OCC(=O)NC(c2ccc(C)cc2)C2CC2)c(C(N)=O)c1. The second kappa shape index (κ2) is 8.12. The van der Waals surface area contributed by atoms with Crippen molar-refractivity contribution in [2.24, 2.45) is 11.7 Å². The summed E-state index contributed by atoms with van der Waals surface area (Å²) in [4.78, 5) is 24.0. The minimum absolute atomic E-state index is 0.0202. The van der Waals surface area contributed by atoms with Crippen molar-refractivity contribution in [3.8, 4) is 11.5 Å². The van der Waals surface area contributed by atoms with E-state index < -0.39 is 5.91 Å². The van der Waals surface area contributed by atoms with Gasteiger partial charge in [0, 0.05) is 0 Å². The molecule has 6 nitrogen and oxygen atoms in total. The van der Waals surface area contributed by atoms with Crippen molar-refractivity contribution in [2.45, 2.75) is 25.8 Å². The van der Waals surface area contributed by atoms with Gasteiger partial charge >= 0.3 is 0 Å². The molecule has 27 heavy (non-hydrogen) atoms. The number of primary amides is 1. The van der Waals surface area contributed by atoms with Crippen LogP contribution in [0, 0.1) is 12.8 Å². The van der Waals surface area contributed by atoms with Crippen molar-refractivity contribution in [2.75, 3.05) is 13.7 Å². The number of hydrogen-bond acceptors (Lipinski definition) is 4. The highest BCUT2D eigenvalue weighted by Gasteiger charge is 2.33. The molecule has 3 N–H and O–H groups in total. The van der Waals surface area contributed by atoms with Crippen LogP contribution in [0.25, 0.3) is 0 Å². The maximum atomic E-state index is 12.4. The predicted octanol–water partition coefficient (Wildman–Crippen LogP) is 2.75. The quantitative estimate of drug-likeness (QED) is 0.750. The van der Waals surface area contributed by atoms with E-state index in [2.05, 4.69) is 5.32 Å². The molecule has 2 aromatic carbocycles. The van der Waals surface area contributed by atoms with Crippen molar-refractivity contribution in [3.05, 3.63) is 59.2 Å². The summed E-state index contributed by atoms with van der Waals surface area (Å²) in [5, 5.41) is 3.05.